The quantitative estimate of drug-likeness (QED) is 0.710. The van der Waals surface area contributed by atoms with E-state index in [1.807, 2.05) is 0 Å². The number of nitrogens with one attached hydrogen (secondary N) is 1. The van der Waals surface area contributed by atoms with E-state index in [-0.39, 0.29) is 23.4 Å². The minimum absolute atomic E-state index is 0.0694. The van der Waals surface area contributed by atoms with Crippen molar-refractivity contribution in [3.8, 4) is 5.75 Å². The third kappa shape index (κ3) is 5.55. The van der Waals surface area contributed by atoms with Crippen molar-refractivity contribution in [3.05, 3.63) is 59.7 Å². The number of sulfone groups is 1. The van der Waals surface area contributed by atoms with Crippen LogP contribution in [0.2, 0.25) is 0 Å². The predicted molar refractivity (Wildman–Crippen MR) is 99.7 cm³/mol. The molecule has 0 radical (unpaired) electrons. The van der Waals surface area contributed by atoms with Gasteiger partial charge in [0, 0.05) is 18.4 Å². The molecule has 0 heterocycles. The SMILES string of the molecule is COc1ccccc1CC(CNC(=O)c1ccc(S(C)(=O)=O)cc1)C(=O)O. The Hall–Kier alpha value is -2.87. The molecule has 144 valence electrons. The summed E-state index contributed by atoms with van der Waals surface area (Å²) in [6.07, 6.45) is 1.28. The molecule has 2 aromatic rings. The molecule has 0 aromatic heterocycles. The third-order valence-corrected chi connectivity index (χ3v) is 5.19. The molecule has 7 nitrogen and oxygen atoms in total. The average molecular weight is 391 g/mol. The van der Waals surface area contributed by atoms with Crippen molar-refractivity contribution in [1.29, 1.82) is 0 Å². The molecule has 2 aromatic carbocycles. The van der Waals surface area contributed by atoms with Crippen LogP contribution in [-0.4, -0.2) is 45.3 Å². The Bertz CT molecular complexity index is 921. The van der Waals surface area contributed by atoms with Crippen LogP contribution in [0.5, 0.6) is 5.75 Å². The van der Waals surface area contributed by atoms with Crippen molar-refractivity contribution < 1.29 is 27.9 Å². The molecule has 8 heteroatoms. The Morgan fingerprint density at radius 3 is 2.30 bits per heavy atom. The maximum absolute atomic E-state index is 12.2. The van der Waals surface area contributed by atoms with E-state index < -0.39 is 27.6 Å². The number of benzene rings is 2. The van der Waals surface area contributed by atoms with E-state index in [0.29, 0.717) is 5.75 Å². The molecule has 0 fully saturated rings. The summed E-state index contributed by atoms with van der Waals surface area (Å²) in [5.41, 5.74) is 0.989. The molecule has 1 unspecified atom stereocenters. The number of carbonyl (C=O) groups excluding carboxylic acids is 1. The molecule has 2 N–H and O–H groups in total. The van der Waals surface area contributed by atoms with Gasteiger partial charge in [-0.05, 0) is 42.3 Å². The summed E-state index contributed by atoms with van der Waals surface area (Å²) < 4.78 is 28.1. The number of hydrogen-bond donors (Lipinski definition) is 2. The summed E-state index contributed by atoms with van der Waals surface area (Å²) in [4.78, 5) is 23.9. The highest BCUT2D eigenvalue weighted by molar-refractivity contribution is 7.90. The number of methoxy groups -OCH3 is 1. The van der Waals surface area contributed by atoms with Gasteiger partial charge in [-0.2, -0.15) is 0 Å². The predicted octanol–water partition coefficient (Wildman–Crippen LogP) is 1.77. The van der Waals surface area contributed by atoms with Crippen LogP contribution in [0.1, 0.15) is 15.9 Å². The first-order chi connectivity index (χ1) is 12.7. The van der Waals surface area contributed by atoms with Gasteiger partial charge in [0.25, 0.3) is 5.91 Å². The van der Waals surface area contributed by atoms with Gasteiger partial charge in [0.05, 0.1) is 17.9 Å². The molecule has 0 saturated carbocycles. The first-order valence-electron chi connectivity index (χ1n) is 8.15. The highest BCUT2D eigenvalue weighted by atomic mass is 32.2. The zero-order chi connectivity index (χ0) is 20.0. The molecule has 2 rings (SSSR count). The van der Waals surface area contributed by atoms with Gasteiger partial charge in [-0.3, -0.25) is 9.59 Å². The number of ether oxygens (including phenoxy) is 1. The zero-order valence-electron chi connectivity index (χ0n) is 15.0. The molecular weight excluding hydrogens is 370 g/mol. The number of amides is 1. The summed E-state index contributed by atoms with van der Waals surface area (Å²) >= 11 is 0. The normalized spacial score (nSPS) is 12.2. The summed E-state index contributed by atoms with van der Waals surface area (Å²) in [5, 5.41) is 12.0. The van der Waals surface area contributed by atoms with Gasteiger partial charge in [0.15, 0.2) is 9.84 Å². The summed E-state index contributed by atoms with van der Waals surface area (Å²) in [5.74, 6) is -1.75. The number of carboxylic acid groups (broad SMARTS) is 1. The second kappa shape index (κ2) is 8.68. The van der Waals surface area contributed by atoms with Crippen molar-refractivity contribution in [2.75, 3.05) is 19.9 Å². The molecule has 0 aliphatic rings. The minimum Gasteiger partial charge on any atom is -0.496 e. The molecule has 27 heavy (non-hydrogen) atoms. The monoisotopic (exact) mass is 391 g/mol. The molecule has 1 amide bonds. The van der Waals surface area contributed by atoms with E-state index in [0.717, 1.165) is 11.8 Å². The first kappa shape index (κ1) is 20.4. The minimum atomic E-state index is -3.34. The highest BCUT2D eigenvalue weighted by Crippen LogP contribution is 2.21. The summed E-state index contributed by atoms with van der Waals surface area (Å²) in [7, 11) is -1.83. The summed E-state index contributed by atoms with van der Waals surface area (Å²) in [6, 6.07) is 12.6. The Morgan fingerprint density at radius 2 is 1.74 bits per heavy atom. The van der Waals surface area contributed by atoms with Gasteiger partial charge in [0.2, 0.25) is 0 Å². The Balaban J connectivity index is 2.05. The zero-order valence-corrected chi connectivity index (χ0v) is 15.8. The van der Waals surface area contributed by atoms with Crippen LogP contribution in [0.25, 0.3) is 0 Å². The van der Waals surface area contributed by atoms with E-state index in [1.54, 1.807) is 24.3 Å². The van der Waals surface area contributed by atoms with Crippen molar-refractivity contribution >= 4 is 21.7 Å². The molecule has 0 spiro atoms. The fraction of sp³-hybridized carbons (Fsp3) is 0.263. The molecule has 0 saturated heterocycles. The number of hydrogen-bond acceptors (Lipinski definition) is 5. The van der Waals surface area contributed by atoms with Crippen LogP contribution in [-0.2, 0) is 21.1 Å². The van der Waals surface area contributed by atoms with E-state index in [2.05, 4.69) is 5.32 Å². The number of aliphatic carboxylic acids is 1. The van der Waals surface area contributed by atoms with E-state index in [4.69, 9.17) is 4.74 Å². The topological polar surface area (TPSA) is 110 Å². The van der Waals surface area contributed by atoms with Gasteiger partial charge in [-0.15, -0.1) is 0 Å². The molecule has 0 bridgehead atoms. The smallest absolute Gasteiger partial charge is 0.308 e. The Labute approximate surface area is 157 Å². The largest absolute Gasteiger partial charge is 0.496 e. The number of carbonyl (C=O) groups is 2. The maximum atomic E-state index is 12.2. The number of carboxylic acids is 1. The van der Waals surface area contributed by atoms with Gasteiger partial charge in [-0.25, -0.2) is 8.42 Å². The van der Waals surface area contributed by atoms with Gasteiger partial charge in [0.1, 0.15) is 5.75 Å². The van der Waals surface area contributed by atoms with Crippen molar-refractivity contribution in [2.24, 2.45) is 5.92 Å². The molecular formula is C19H21NO6S. The van der Waals surface area contributed by atoms with Crippen molar-refractivity contribution in [3.63, 3.8) is 0 Å². The second-order valence-corrected chi connectivity index (χ2v) is 8.07. The second-order valence-electron chi connectivity index (χ2n) is 6.06. The fourth-order valence-corrected chi connectivity index (χ4v) is 3.19. The lowest BCUT2D eigenvalue weighted by Crippen LogP contribution is -2.34. The number of rotatable bonds is 8. The van der Waals surface area contributed by atoms with Crippen LogP contribution in [0.3, 0.4) is 0 Å². The standard InChI is InChI=1S/C19H21NO6S/c1-26-17-6-4-3-5-14(17)11-15(19(22)23)12-20-18(21)13-7-9-16(10-8-13)27(2,24)25/h3-10,15H,11-12H2,1-2H3,(H,20,21)(H,22,23). The fourth-order valence-electron chi connectivity index (χ4n) is 2.56. The van der Waals surface area contributed by atoms with Crippen LogP contribution in [0.15, 0.2) is 53.4 Å². The first-order valence-corrected chi connectivity index (χ1v) is 10.0. The molecule has 1 atom stereocenters. The van der Waals surface area contributed by atoms with Crippen LogP contribution in [0, 0.1) is 5.92 Å². The third-order valence-electron chi connectivity index (χ3n) is 4.06. The van der Waals surface area contributed by atoms with Crippen LogP contribution < -0.4 is 10.1 Å². The lowest BCUT2D eigenvalue weighted by molar-refractivity contribution is -0.141. The lowest BCUT2D eigenvalue weighted by Gasteiger charge is -2.15. The van der Waals surface area contributed by atoms with E-state index >= 15 is 0 Å². The van der Waals surface area contributed by atoms with Crippen molar-refractivity contribution in [2.45, 2.75) is 11.3 Å². The van der Waals surface area contributed by atoms with Crippen molar-refractivity contribution in [1.82, 2.24) is 5.32 Å². The Kier molecular flexibility index (Phi) is 6.57. The van der Waals surface area contributed by atoms with Gasteiger partial charge in [-0.1, -0.05) is 18.2 Å². The van der Waals surface area contributed by atoms with Crippen LogP contribution >= 0.6 is 0 Å². The molecule has 0 aliphatic heterocycles. The highest BCUT2D eigenvalue weighted by Gasteiger charge is 2.21. The van der Waals surface area contributed by atoms with E-state index in [1.165, 1.54) is 31.4 Å². The average Bonchev–Trinajstić information content (AvgIpc) is 2.64. The maximum Gasteiger partial charge on any atom is 0.308 e. The Morgan fingerprint density at radius 1 is 1.11 bits per heavy atom. The van der Waals surface area contributed by atoms with Gasteiger partial charge >= 0.3 is 5.97 Å². The van der Waals surface area contributed by atoms with Gasteiger partial charge < -0.3 is 15.2 Å². The van der Waals surface area contributed by atoms with Crippen LogP contribution in [0.4, 0.5) is 0 Å². The van der Waals surface area contributed by atoms with E-state index in [9.17, 15) is 23.1 Å². The number of para-hydroxylation sites is 1. The lowest BCUT2D eigenvalue weighted by atomic mass is 9.98. The summed E-state index contributed by atoms with van der Waals surface area (Å²) in [6.45, 7) is -0.0694. The molecule has 0 aliphatic carbocycles.